The Kier molecular flexibility index (Phi) is 6.76. The van der Waals surface area contributed by atoms with E-state index in [2.05, 4.69) is 20.8 Å². The zero-order chi connectivity index (χ0) is 13.5. The molecule has 0 bridgehead atoms. The minimum Gasteiger partial charge on any atom is -0.477 e. The number of carbonyl (C=O) groups is 1. The van der Waals surface area contributed by atoms with Gasteiger partial charge in [0.1, 0.15) is 0 Å². The van der Waals surface area contributed by atoms with Crippen LogP contribution in [0, 0.1) is 5.41 Å². The second-order valence-corrected chi connectivity index (χ2v) is 6.94. The van der Waals surface area contributed by atoms with Crippen molar-refractivity contribution in [3.05, 3.63) is 0 Å². The maximum atomic E-state index is 10.6. The molecule has 0 aromatic carbocycles. The summed E-state index contributed by atoms with van der Waals surface area (Å²) in [4.78, 5) is 10.6. The number of hydrogen-bond acceptors (Lipinski definition) is 1. The Morgan fingerprint density at radius 2 is 1.59 bits per heavy atom. The lowest BCUT2D eigenvalue weighted by molar-refractivity contribution is -0.883. The Bertz CT molecular complexity index is 229. The van der Waals surface area contributed by atoms with Gasteiger partial charge in [-0.15, -0.1) is 0 Å². The van der Waals surface area contributed by atoms with E-state index in [1.165, 1.54) is 25.7 Å². The topological polar surface area (TPSA) is 37.3 Å². The lowest BCUT2D eigenvalue weighted by Gasteiger charge is -2.27. The van der Waals surface area contributed by atoms with Crippen LogP contribution in [0.2, 0.25) is 0 Å². The van der Waals surface area contributed by atoms with Gasteiger partial charge in [-0.2, -0.15) is 0 Å². The number of unbranched alkanes of at least 4 members (excludes halogenated alkanes) is 3. The summed E-state index contributed by atoms with van der Waals surface area (Å²) in [6, 6.07) is 0. The number of likely N-dealkylation sites (N-methyl/N-ethyl adjacent to an activating group) is 1. The molecule has 0 heterocycles. The maximum Gasteiger partial charge on any atom is 0.359 e. The Morgan fingerprint density at radius 3 is 2.06 bits per heavy atom. The van der Waals surface area contributed by atoms with Crippen molar-refractivity contribution in [1.29, 1.82) is 0 Å². The van der Waals surface area contributed by atoms with Gasteiger partial charge in [0.25, 0.3) is 0 Å². The molecule has 0 spiro atoms. The number of hydrogen-bond donors (Lipinski definition) is 1. The summed E-state index contributed by atoms with van der Waals surface area (Å²) in [7, 11) is 3.98. The predicted molar refractivity (Wildman–Crippen MR) is 72.0 cm³/mol. The van der Waals surface area contributed by atoms with Crippen molar-refractivity contribution in [2.75, 3.05) is 27.2 Å². The highest BCUT2D eigenvalue weighted by atomic mass is 16.4. The third-order valence-electron chi connectivity index (χ3n) is 3.00. The summed E-state index contributed by atoms with van der Waals surface area (Å²) in [6.45, 7) is 8.02. The van der Waals surface area contributed by atoms with Gasteiger partial charge in [-0.3, -0.25) is 0 Å². The Morgan fingerprint density at radius 1 is 1.06 bits per heavy atom. The van der Waals surface area contributed by atoms with Gasteiger partial charge in [-0.05, 0) is 24.7 Å². The second-order valence-electron chi connectivity index (χ2n) is 6.94. The van der Waals surface area contributed by atoms with Gasteiger partial charge in [-0.1, -0.05) is 33.6 Å². The molecule has 1 N–H and O–H groups in total. The molecule has 0 aromatic rings. The van der Waals surface area contributed by atoms with E-state index in [0.717, 1.165) is 13.0 Å². The first-order chi connectivity index (χ1) is 7.62. The molecular formula is C14H30NO2+. The highest BCUT2D eigenvalue weighted by Gasteiger charge is 2.18. The Hall–Kier alpha value is -0.570. The molecule has 0 atom stereocenters. The van der Waals surface area contributed by atoms with Crippen molar-refractivity contribution in [3.8, 4) is 0 Å². The molecular weight excluding hydrogens is 214 g/mol. The standard InChI is InChI=1S/C14H29NO2/c1-14(2,3)10-8-6-7-9-11-15(4,5)12-13(16)17/h6-12H2,1-5H3/p+1. The molecule has 0 aliphatic rings. The fraction of sp³-hybridized carbons (Fsp3) is 0.929. The molecule has 0 fully saturated rings. The quantitative estimate of drug-likeness (QED) is 0.526. The van der Waals surface area contributed by atoms with E-state index in [-0.39, 0.29) is 6.54 Å². The molecule has 0 amide bonds. The Balaban J connectivity index is 3.54. The fourth-order valence-corrected chi connectivity index (χ4v) is 1.99. The summed E-state index contributed by atoms with van der Waals surface area (Å²) >= 11 is 0. The van der Waals surface area contributed by atoms with Crippen molar-refractivity contribution in [1.82, 2.24) is 0 Å². The van der Waals surface area contributed by atoms with Gasteiger partial charge in [0, 0.05) is 0 Å². The van der Waals surface area contributed by atoms with Gasteiger partial charge in [0.2, 0.25) is 0 Å². The monoisotopic (exact) mass is 244 g/mol. The van der Waals surface area contributed by atoms with E-state index in [1.807, 2.05) is 14.1 Å². The fourth-order valence-electron chi connectivity index (χ4n) is 1.99. The van der Waals surface area contributed by atoms with Crippen LogP contribution in [0.25, 0.3) is 0 Å². The van der Waals surface area contributed by atoms with Crippen LogP contribution in [0.3, 0.4) is 0 Å². The lowest BCUT2D eigenvalue weighted by Crippen LogP contribution is -2.44. The average Bonchev–Trinajstić information content (AvgIpc) is 2.06. The first-order valence-electron chi connectivity index (χ1n) is 6.66. The first-order valence-corrected chi connectivity index (χ1v) is 6.66. The third-order valence-corrected chi connectivity index (χ3v) is 3.00. The van der Waals surface area contributed by atoms with Gasteiger partial charge in [0.05, 0.1) is 20.6 Å². The summed E-state index contributed by atoms with van der Waals surface area (Å²) in [5, 5.41) is 8.76. The van der Waals surface area contributed by atoms with Gasteiger partial charge in [0.15, 0.2) is 6.54 Å². The number of nitrogens with zero attached hydrogens (tertiary/aromatic N) is 1. The zero-order valence-electron chi connectivity index (χ0n) is 12.3. The van der Waals surface area contributed by atoms with Crippen LogP contribution in [-0.4, -0.2) is 42.7 Å². The van der Waals surface area contributed by atoms with Crippen molar-refractivity contribution in [3.63, 3.8) is 0 Å². The molecule has 0 aliphatic heterocycles. The van der Waals surface area contributed by atoms with E-state index >= 15 is 0 Å². The second kappa shape index (κ2) is 7.00. The SMILES string of the molecule is CC(C)(C)CCCCCC[N+](C)(C)CC(=O)O. The number of carboxylic acid groups (broad SMARTS) is 1. The number of carboxylic acids is 1. The van der Waals surface area contributed by atoms with E-state index in [9.17, 15) is 4.79 Å². The van der Waals surface area contributed by atoms with Crippen LogP contribution >= 0.6 is 0 Å². The van der Waals surface area contributed by atoms with E-state index in [1.54, 1.807) is 0 Å². The zero-order valence-corrected chi connectivity index (χ0v) is 12.3. The predicted octanol–water partition coefficient (Wildman–Crippen LogP) is 3.14. The number of quaternary nitrogens is 1. The van der Waals surface area contributed by atoms with Crippen LogP contribution in [-0.2, 0) is 4.79 Å². The molecule has 3 heteroatoms. The van der Waals surface area contributed by atoms with Gasteiger partial charge >= 0.3 is 5.97 Å². The normalized spacial score (nSPS) is 12.8. The molecule has 102 valence electrons. The van der Waals surface area contributed by atoms with E-state index in [0.29, 0.717) is 9.90 Å². The maximum absolute atomic E-state index is 10.6. The summed E-state index contributed by atoms with van der Waals surface area (Å²) in [6.07, 6.45) is 6.18. The molecule has 0 aromatic heterocycles. The van der Waals surface area contributed by atoms with Crippen LogP contribution in [0.5, 0.6) is 0 Å². The molecule has 0 saturated heterocycles. The first kappa shape index (κ1) is 16.4. The highest BCUT2D eigenvalue weighted by Crippen LogP contribution is 2.22. The van der Waals surface area contributed by atoms with Gasteiger partial charge < -0.3 is 9.59 Å². The number of rotatable bonds is 8. The van der Waals surface area contributed by atoms with Gasteiger partial charge in [-0.25, -0.2) is 4.79 Å². The minimum atomic E-state index is -0.706. The summed E-state index contributed by atoms with van der Waals surface area (Å²) in [5.41, 5.74) is 0.443. The molecule has 0 aliphatic carbocycles. The van der Waals surface area contributed by atoms with Crippen molar-refractivity contribution in [2.24, 2.45) is 5.41 Å². The highest BCUT2D eigenvalue weighted by molar-refractivity contribution is 5.67. The van der Waals surface area contributed by atoms with Crippen molar-refractivity contribution in [2.45, 2.75) is 52.9 Å². The summed E-state index contributed by atoms with van der Waals surface area (Å²) in [5.74, 6) is -0.706. The molecule has 0 radical (unpaired) electrons. The van der Waals surface area contributed by atoms with E-state index in [4.69, 9.17) is 5.11 Å². The summed E-state index contributed by atoms with van der Waals surface area (Å²) < 4.78 is 0.592. The Labute approximate surface area is 106 Å². The van der Waals surface area contributed by atoms with Crippen LogP contribution in [0.1, 0.15) is 52.9 Å². The van der Waals surface area contributed by atoms with Crippen LogP contribution in [0.15, 0.2) is 0 Å². The molecule has 0 saturated carbocycles. The lowest BCUT2D eigenvalue weighted by atomic mass is 9.89. The van der Waals surface area contributed by atoms with E-state index < -0.39 is 5.97 Å². The molecule has 17 heavy (non-hydrogen) atoms. The average molecular weight is 244 g/mol. The molecule has 0 unspecified atom stereocenters. The third kappa shape index (κ3) is 11.7. The van der Waals surface area contributed by atoms with Crippen LogP contribution in [0.4, 0.5) is 0 Å². The van der Waals surface area contributed by atoms with Crippen LogP contribution < -0.4 is 0 Å². The molecule has 3 nitrogen and oxygen atoms in total. The smallest absolute Gasteiger partial charge is 0.359 e. The largest absolute Gasteiger partial charge is 0.477 e. The van der Waals surface area contributed by atoms with Crippen molar-refractivity contribution < 1.29 is 14.4 Å². The number of aliphatic carboxylic acids is 1. The molecule has 0 rings (SSSR count). The minimum absolute atomic E-state index is 0.224. The van der Waals surface area contributed by atoms with Crippen molar-refractivity contribution >= 4 is 5.97 Å².